The van der Waals surface area contributed by atoms with Gasteiger partial charge < -0.3 is 6.74 Å². The van der Waals surface area contributed by atoms with Crippen molar-refractivity contribution in [2.45, 2.75) is 0 Å². The van der Waals surface area contributed by atoms with Gasteiger partial charge in [-0.1, -0.05) is 6.07 Å². The van der Waals surface area contributed by atoms with E-state index < -0.39 is 11.7 Å². The maximum atomic E-state index is 11.2. The first kappa shape index (κ1) is 11.2. The summed E-state index contributed by atoms with van der Waals surface area (Å²) in [5, 5.41) is 2.49. The summed E-state index contributed by atoms with van der Waals surface area (Å²) in [4.78, 5) is 22.1. The van der Waals surface area contributed by atoms with Gasteiger partial charge in [0, 0.05) is 3.57 Å². The second-order valence-corrected chi connectivity index (χ2v) is 3.61. The number of hydrogen-bond acceptors (Lipinski definition) is 2. The Morgan fingerprint density at radius 1 is 1.31 bits per heavy atom. The molecule has 0 radical (unpaired) electrons. The number of fused-ring (bicyclic) bond motifs is 1. The molecule has 1 heterocycles. The van der Waals surface area contributed by atoms with E-state index in [1.54, 1.807) is 18.2 Å². The summed E-state index contributed by atoms with van der Waals surface area (Å²) in [6, 6.07) is 5.33. The Morgan fingerprint density at radius 2 is 2.00 bits per heavy atom. The molecule has 1 N–H and O–H groups in total. The molecule has 0 fully saturated rings. The number of rotatable bonds is 0. The minimum Gasteiger partial charge on any atom is -1.00 e. The molecule has 2 rings (SSSR count). The molecule has 62 valence electrons. The summed E-state index contributed by atoms with van der Waals surface area (Å²) >= 11 is 2.04. The first-order valence-corrected chi connectivity index (χ1v) is 4.42. The number of carbonyl (C=O) groups is 2. The van der Waals surface area contributed by atoms with Crippen molar-refractivity contribution in [1.82, 2.24) is 0 Å². The van der Waals surface area contributed by atoms with Crippen molar-refractivity contribution in [1.29, 1.82) is 0 Å². The maximum absolute atomic E-state index is 11.2. The van der Waals surface area contributed by atoms with Crippen LogP contribution < -0.4 is 34.9 Å². The first-order valence-electron chi connectivity index (χ1n) is 3.34. The fourth-order valence-electron chi connectivity index (χ4n) is 1.15. The van der Waals surface area contributed by atoms with E-state index >= 15 is 0 Å². The standard InChI is InChI=1S/C8H4INO2.Na.H/c9-4-2-1-3-5-6(4)7(11)8(12)10-5;;/h1-3H,(H,10,11,12);;/q;+1;-1. The van der Waals surface area contributed by atoms with Crippen molar-refractivity contribution in [3.63, 3.8) is 0 Å². The van der Waals surface area contributed by atoms with E-state index in [0.717, 1.165) is 3.57 Å². The van der Waals surface area contributed by atoms with Gasteiger partial charge in [0.25, 0.3) is 11.7 Å². The first-order chi connectivity index (χ1) is 5.70. The molecule has 0 saturated carbocycles. The van der Waals surface area contributed by atoms with Gasteiger partial charge >= 0.3 is 29.6 Å². The van der Waals surface area contributed by atoms with Crippen LogP contribution in [0.2, 0.25) is 0 Å². The van der Waals surface area contributed by atoms with Crippen LogP contribution in [-0.4, -0.2) is 11.7 Å². The molecule has 5 heteroatoms. The van der Waals surface area contributed by atoms with E-state index in [9.17, 15) is 9.59 Å². The third-order valence-electron chi connectivity index (χ3n) is 1.70. The normalized spacial score (nSPS) is 13.3. The van der Waals surface area contributed by atoms with Crippen LogP contribution >= 0.6 is 22.6 Å². The van der Waals surface area contributed by atoms with Gasteiger partial charge in [0.05, 0.1) is 11.3 Å². The zero-order valence-electron chi connectivity index (χ0n) is 7.93. The number of hydrogen-bond donors (Lipinski definition) is 1. The van der Waals surface area contributed by atoms with E-state index in [1.807, 2.05) is 22.6 Å². The van der Waals surface area contributed by atoms with Gasteiger partial charge in [0.2, 0.25) is 0 Å². The second-order valence-electron chi connectivity index (χ2n) is 2.45. The molecule has 0 aliphatic carbocycles. The molecule has 0 aromatic heterocycles. The summed E-state index contributed by atoms with van der Waals surface area (Å²) in [5.74, 6) is -0.968. The molecule has 0 unspecified atom stereocenters. The molecular formula is C8H5INNaO2. The third kappa shape index (κ3) is 1.81. The largest absolute Gasteiger partial charge is 1.00 e. The Balaban J connectivity index is 0.000000845. The Kier molecular flexibility index (Phi) is 3.50. The van der Waals surface area contributed by atoms with Crippen molar-refractivity contribution in [2.75, 3.05) is 5.32 Å². The van der Waals surface area contributed by atoms with Crippen LogP contribution in [-0.2, 0) is 4.79 Å². The van der Waals surface area contributed by atoms with Crippen molar-refractivity contribution >= 4 is 40.0 Å². The van der Waals surface area contributed by atoms with E-state index in [2.05, 4.69) is 5.32 Å². The average molecular weight is 297 g/mol. The van der Waals surface area contributed by atoms with Gasteiger partial charge in [-0.15, -0.1) is 0 Å². The number of benzene rings is 1. The molecule has 0 bridgehead atoms. The molecule has 1 amide bonds. The number of Topliss-reactive ketones (excluding diaryl/α,β-unsaturated/α-hetero) is 1. The molecule has 0 spiro atoms. The molecule has 13 heavy (non-hydrogen) atoms. The summed E-state index contributed by atoms with van der Waals surface area (Å²) in [6.45, 7) is 0. The fourth-order valence-corrected chi connectivity index (χ4v) is 1.89. The average Bonchev–Trinajstić information content (AvgIpc) is 2.29. The number of halogens is 1. The Morgan fingerprint density at radius 3 is 2.62 bits per heavy atom. The SMILES string of the molecule is O=C1Nc2cccc(I)c2C1=O.[H-].[Na+]. The van der Waals surface area contributed by atoms with Crippen molar-refractivity contribution in [3.05, 3.63) is 27.3 Å². The van der Waals surface area contributed by atoms with Crippen LogP contribution in [0.1, 0.15) is 11.8 Å². The second kappa shape index (κ2) is 4.08. The van der Waals surface area contributed by atoms with Crippen molar-refractivity contribution < 1.29 is 40.6 Å². The molecule has 0 saturated heterocycles. The van der Waals surface area contributed by atoms with E-state index in [0.29, 0.717) is 11.3 Å². The summed E-state index contributed by atoms with van der Waals surface area (Å²) in [5.41, 5.74) is 1.13. The van der Waals surface area contributed by atoms with Crippen LogP contribution in [0.4, 0.5) is 5.69 Å². The minimum absolute atomic E-state index is 0. The van der Waals surface area contributed by atoms with Crippen molar-refractivity contribution in [2.24, 2.45) is 0 Å². The number of nitrogens with one attached hydrogen (secondary N) is 1. The van der Waals surface area contributed by atoms with E-state index in [1.165, 1.54) is 0 Å². The zero-order valence-corrected chi connectivity index (χ0v) is 11.1. The topological polar surface area (TPSA) is 46.2 Å². The van der Waals surface area contributed by atoms with Gasteiger partial charge in [-0.25, -0.2) is 0 Å². The molecule has 1 aliphatic rings. The van der Waals surface area contributed by atoms with Gasteiger partial charge in [-0.3, -0.25) is 9.59 Å². The number of ketones is 1. The minimum atomic E-state index is -0.533. The Labute approximate surface area is 112 Å². The van der Waals surface area contributed by atoms with Crippen LogP contribution in [0.25, 0.3) is 0 Å². The quantitative estimate of drug-likeness (QED) is 0.361. The molecule has 1 aromatic carbocycles. The van der Waals surface area contributed by atoms with Crippen LogP contribution in [0.3, 0.4) is 0 Å². The van der Waals surface area contributed by atoms with Crippen LogP contribution in [0.15, 0.2) is 18.2 Å². The van der Waals surface area contributed by atoms with Gasteiger partial charge in [0.1, 0.15) is 0 Å². The molecule has 1 aromatic rings. The van der Waals surface area contributed by atoms with Crippen LogP contribution in [0.5, 0.6) is 0 Å². The zero-order chi connectivity index (χ0) is 8.72. The summed E-state index contributed by atoms with van der Waals surface area (Å²) in [6.07, 6.45) is 0. The molecular weight excluding hydrogens is 292 g/mol. The summed E-state index contributed by atoms with van der Waals surface area (Å²) in [7, 11) is 0. The fraction of sp³-hybridized carbons (Fsp3) is 0. The monoisotopic (exact) mass is 297 g/mol. The molecule has 3 nitrogen and oxygen atoms in total. The van der Waals surface area contributed by atoms with Crippen LogP contribution in [0, 0.1) is 3.57 Å². The van der Waals surface area contributed by atoms with Gasteiger partial charge in [0.15, 0.2) is 0 Å². The number of carbonyl (C=O) groups excluding carboxylic acids is 2. The Bertz CT molecular complexity index is 397. The predicted octanol–water partition coefficient (Wildman–Crippen LogP) is -1.46. The molecule has 0 atom stereocenters. The van der Waals surface area contributed by atoms with Gasteiger partial charge in [-0.05, 0) is 34.7 Å². The number of anilines is 1. The Hall–Kier alpha value is 0.0900. The third-order valence-corrected chi connectivity index (χ3v) is 2.59. The number of amides is 1. The summed E-state index contributed by atoms with van der Waals surface area (Å²) < 4.78 is 0.813. The van der Waals surface area contributed by atoms with E-state index in [-0.39, 0.29) is 31.0 Å². The van der Waals surface area contributed by atoms with Crippen molar-refractivity contribution in [3.8, 4) is 0 Å². The van der Waals surface area contributed by atoms with Gasteiger partial charge in [-0.2, -0.15) is 0 Å². The molecule has 1 aliphatic heterocycles. The smallest absolute Gasteiger partial charge is 1.00 e. The van der Waals surface area contributed by atoms with E-state index in [4.69, 9.17) is 0 Å². The predicted molar refractivity (Wildman–Crippen MR) is 53.2 cm³/mol. The maximum Gasteiger partial charge on any atom is 1.00 e.